The van der Waals surface area contributed by atoms with E-state index in [0.29, 0.717) is 30.1 Å². The van der Waals surface area contributed by atoms with Crippen LogP contribution in [0.4, 0.5) is 11.4 Å². The van der Waals surface area contributed by atoms with Crippen molar-refractivity contribution in [1.82, 2.24) is 0 Å². The van der Waals surface area contributed by atoms with Crippen molar-refractivity contribution < 1.29 is 24.2 Å². The molecule has 148 valence electrons. The Hall–Kier alpha value is -2.87. The number of anilines is 2. The van der Waals surface area contributed by atoms with Crippen molar-refractivity contribution in [2.24, 2.45) is 0 Å². The molecule has 1 aromatic heterocycles. The van der Waals surface area contributed by atoms with E-state index < -0.39 is 5.97 Å². The van der Waals surface area contributed by atoms with Crippen LogP contribution in [0.3, 0.4) is 0 Å². The normalized spacial score (nSPS) is 14.8. The molecule has 7 nitrogen and oxygen atoms in total. The van der Waals surface area contributed by atoms with Gasteiger partial charge in [0.2, 0.25) is 11.8 Å². The van der Waals surface area contributed by atoms with E-state index in [0.717, 1.165) is 11.3 Å². The third kappa shape index (κ3) is 4.69. The van der Waals surface area contributed by atoms with E-state index in [1.807, 2.05) is 17.5 Å². The number of carbonyl (C=O) groups excluding carboxylic acids is 2. The number of aliphatic carboxylic acids is 1. The fourth-order valence-corrected chi connectivity index (χ4v) is 4.16. The Morgan fingerprint density at radius 1 is 1.32 bits per heavy atom. The number of nitrogens with zero attached hydrogens (tertiary/aromatic N) is 1. The molecular formula is C20H22N2O5S. The summed E-state index contributed by atoms with van der Waals surface area (Å²) in [5.74, 6) is -1.02. The molecule has 1 aromatic carbocycles. The lowest BCUT2D eigenvalue weighted by Gasteiger charge is -2.20. The van der Waals surface area contributed by atoms with Crippen LogP contribution in [0.2, 0.25) is 0 Å². The van der Waals surface area contributed by atoms with Gasteiger partial charge in [0.25, 0.3) is 0 Å². The predicted octanol–water partition coefficient (Wildman–Crippen LogP) is 3.47. The monoisotopic (exact) mass is 402 g/mol. The third-order valence-electron chi connectivity index (χ3n) is 4.63. The van der Waals surface area contributed by atoms with Gasteiger partial charge < -0.3 is 20.1 Å². The molecule has 2 N–H and O–H groups in total. The Bertz CT molecular complexity index is 865. The van der Waals surface area contributed by atoms with Crippen LogP contribution in [0.15, 0.2) is 35.7 Å². The van der Waals surface area contributed by atoms with Crippen LogP contribution < -0.4 is 15.0 Å². The van der Waals surface area contributed by atoms with Gasteiger partial charge in [-0.05, 0) is 30.0 Å². The van der Waals surface area contributed by atoms with Gasteiger partial charge in [-0.25, -0.2) is 0 Å². The summed E-state index contributed by atoms with van der Waals surface area (Å²) >= 11 is 1.44. The molecule has 28 heavy (non-hydrogen) atoms. The van der Waals surface area contributed by atoms with Gasteiger partial charge in [0.15, 0.2) is 0 Å². The summed E-state index contributed by atoms with van der Waals surface area (Å²) < 4.78 is 5.40. The molecule has 1 fully saturated rings. The second kappa shape index (κ2) is 8.88. The number of amides is 2. The van der Waals surface area contributed by atoms with E-state index >= 15 is 0 Å². The highest BCUT2D eigenvalue weighted by atomic mass is 32.1. The first-order chi connectivity index (χ1) is 13.5. The van der Waals surface area contributed by atoms with Gasteiger partial charge in [0.05, 0.1) is 19.2 Å². The first-order valence-corrected chi connectivity index (χ1v) is 9.89. The number of hydrogen-bond donors (Lipinski definition) is 2. The lowest BCUT2D eigenvalue weighted by Crippen LogP contribution is -2.24. The molecule has 2 heterocycles. The number of rotatable bonds is 8. The van der Waals surface area contributed by atoms with Crippen molar-refractivity contribution in [1.29, 1.82) is 0 Å². The zero-order valence-electron chi connectivity index (χ0n) is 15.5. The van der Waals surface area contributed by atoms with Gasteiger partial charge in [-0.2, -0.15) is 0 Å². The maximum atomic E-state index is 12.5. The zero-order valence-corrected chi connectivity index (χ0v) is 16.3. The molecule has 1 atom stereocenters. The van der Waals surface area contributed by atoms with Crippen molar-refractivity contribution in [2.45, 2.75) is 31.6 Å². The number of thiophene rings is 1. The van der Waals surface area contributed by atoms with Crippen LogP contribution in [-0.2, 0) is 14.4 Å². The van der Waals surface area contributed by atoms with Crippen LogP contribution in [0.25, 0.3) is 0 Å². The lowest BCUT2D eigenvalue weighted by molar-refractivity contribution is -0.137. The second-order valence-electron chi connectivity index (χ2n) is 6.60. The summed E-state index contributed by atoms with van der Waals surface area (Å²) in [6, 6.07) is 8.84. The first-order valence-electron chi connectivity index (χ1n) is 9.01. The highest BCUT2D eigenvalue weighted by Crippen LogP contribution is 2.34. The molecule has 0 bridgehead atoms. The molecule has 2 amide bonds. The molecule has 3 rings (SSSR count). The molecular weight excluding hydrogens is 380 g/mol. The zero-order chi connectivity index (χ0) is 20.1. The number of carboxylic acids is 1. The van der Waals surface area contributed by atoms with E-state index in [-0.39, 0.29) is 30.6 Å². The Kier molecular flexibility index (Phi) is 6.30. The average molecular weight is 402 g/mol. The largest absolute Gasteiger partial charge is 0.494 e. The van der Waals surface area contributed by atoms with Crippen LogP contribution in [0, 0.1) is 0 Å². The first kappa shape index (κ1) is 19.9. The standard InChI is InChI=1S/C20H22N2O5S/c1-27-16-12-14(6-7-15(16)22-8-2-5-19(22)24)21-18(23)10-13(11-20(25)26)17-4-3-9-28-17/h3-4,6-7,9,12-13H,2,5,8,10-11H2,1H3,(H,21,23)(H,25,26). The molecule has 0 saturated carbocycles. The van der Waals surface area contributed by atoms with Crippen molar-refractivity contribution in [3.05, 3.63) is 40.6 Å². The minimum absolute atomic E-state index is 0.0579. The van der Waals surface area contributed by atoms with Crippen LogP contribution in [-0.4, -0.2) is 36.5 Å². The van der Waals surface area contributed by atoms with E-state index in [1.54, 1.807) is 23.1 Å². The fourth-order valence-electron chi connectivity index (χ4n) is 3.32. The molecule has 8 heteroatoms. The summed E-state index contributed by atoms with van der Waals surface area (Å²) in [6.07, 6.45) is 1.30. The Labute approximate surface area is 166 Å². The number of carboxylic acid groups (broad SMARTS) is 1. The SMILES string of the molecule is COc1cc(NC(=O)CC(CC(=O)O)c2cccs2)ccc1N1CCCC1=O. The van der Waals surface area contributed by atoms with E-state index in [9.17, 15) is 14.4 Å². The summed E-state index contributed by atoms with van der Waals surface area (Å²) in [7, 11) is 1.52. The molecule has 0 aliphatic carbocycles. The number of carbonyl (C=O) groups is 3. The van der Waals surface area contributed by atoms with Crippen LogP contribution >= 0.6 is 11.3 Å². The number of methoxy groups -OCH3 is 1. The van der Waals surface area contributed by atoms with E-state index in [2.05, 4.69) is 5.32 Å². The van der Waals surface area contributed by atoms with Gasteiger partial charge >= 0.3 is 5.97 Å². The summed E-state index contributed by atoms with van der Waals surface area (Å²) in [5.41, 5.74) is 1.22. The summed E-state index contributed by atoms with van der Waals surface area (Å²) in [5, 5.41) is 13.8. The molecule has 1 unspecified atom stereocenters. The number of benzene rings is 1. The topological polar surface area (TPSA) is 95.9 Å². The van der Waals surface area contributed by atoms with Crippen molar-refractivity contribution in [3.63, 3.8) is 0 Å². The summed E-state index contributed by atoms with van der Waals surface area (Å²) in [4.78, 5) is 38.2. The van der Waals surface area contributed by atoms with Crippen molar-refractivity contribution in [2.75, 3.05) is 23.9 Å². The average Bonchev–Trinajstić information content (AvgIpc) is 3.32. The lowest BCUT2D eigenvalue weighted by atomic mass is 9.99. The van der Waals surface area contributed by atoms with Gasteiger partial charge in [-0.3, -0.25) is 14.4 Å². The molecule has 1 aliphatic heterocycles. The second-order valence-corrected chi connectivity index (χ2v) is 7.58. The number of hydrogen-bond acceptors (Lipinski definition) is 5. The van der Waals surface area contributed by atoms with Gasteiger partial charge in [0.1, 0.15) is 5.75 Å². The fraction of sp³-hybridized carbons (Fsp3) is 0.350. The van der Waals surface area contributed by atoms with Crippen LogP contribution in [0.1, 0.15) is 36.5 Å². The van der Waals surface area contributed by atoms with Gasteiger partial charge in [-0.1, -0.05) is 6.07 Å². The van der Waals surface area contributed by atoms with E-state index in [4.69, 9.17) is 9.84 Å². The summed E-state index contributed by atoms with van der Waals surface area (Å²) in [6.45, 7) is 0.651. The maximum Gasteiger partial charge on any atom is 0.304 e. The van der Waals surface area contributed by atoms with Gasteiger partial charge in [-0.15, -0.1) is 11.3 Å². The quantitative estimate of drug-likeness (QED) is 0.705. The minimum Gasteiger partial charge on any atom is -0.494 e. The maximum absolute atomic E-state index is 12.5. The Morgan fingerprint density at radius 2 is 2.14 bits per heavy atom. The molecule has 1 saturated heterocycles. The molecule has 2 aromatic rings. The highest BCUT2D eigenvalue weighted by molar-refractivity contribution is 7.10. The minimum atomic E-state index is -0.937. The van der Waals surface area contributed by atoms with E-state index in [1.165, 1.54) is 18.4 Å². The van der Waals surface area contributed by atoms with Crippen molar-refractivity contribution >= 4 is 40.5 Å². The highest BCUT2D eigenvalue weighted by Gasteiger charge is 2.25. The predicted molar refractivity (Wildman–Crippen MR) is 107 cm³/mol. The number of ether oxygens (including phenoxy) is 1. The smallest absolute Gasteiger partial charge is 0.304 e. The van der Waals surface area contributed by atoms with Crippen LogP contribution in [0.5, 0.6) is 5.75 Å². The van der Waals surface area contributed by atoms with Crippen molar-refractivity contribution in [3.8, 4) is 5.75 Å². The third-order valence-corrected chi connectivity index (χ3v) is 5.66. The van der Waals surface area contributed by atoms with Gasteiger partial charge in [0, 0.05) is 41.9 Å². The Balaban J connectivity index is 1.71. The Morgan fingerprint density at radius 3 is 2.75 bits per heavy atom. The number of nitrogens with one attached hydrogen (secondary N) is 1. The molecule has 0 spiro atoms. The molecule has 1 aliphatic rings. The molecule has 0 radical (unpaired) electrons.